The minimum atomic E-state index is -0.155. The van der Waals surface area contributed by atoms with Gasteiger partial charge in [-0.1, -0.05) is 44.5 Å². The topological polar surface area (TPSA) is 92.8 Å². The summed E-state index contributed by atoms with van der Waals surface area (Å²) in [6.07, 6.45) is 8.34. The molecule has 0 radical (unpaired) electrons. The lowest BCUT2D eigenvalue weighted by Crippen LogP contribution is -2.14. The first-order valence-electron chi connectivity index (χ1n) is 12.7. The van der Waals surface area contributed by atoms with Crippen molar-refractivity contribution >= 4 is 34.0 Å². The van der Waals surface area contributed by atoms with E-state index in [4.69, 9.17) is 4.74 Å². The van der Waals surface area contributed by atoms with E-state index in [2.05, 4.69) is 42.0 Å². The van der Waals surface area contributed by atoms with Gasteiger partial charge in [-0.15, -0.1) is 28.1 Å². The van der Waals surface area contributed by atoms with E-state index in [0.717, 1.165) is 42.6 Å². The first-order valence-corrected chi connectivity index (χ1v) is 14.5. The van der Waals surface area contributed by atoms with Crippen LogP contribution < -0.4 is 10.1 Å². The van der Waals surface area contributed by atoms with Crippen LogP contribution in [0.25, 0.3) is 11.4 Å². The molecule has 0 saturated carbocycles. The van der Waals surface area contributed by atoms with Gasteiger partial charge in [0.2, 0.25) is 5.91 Å². The minimum Gasteiger partial charge on any atom is -0.493 e. The molecule has 0 spiro atoms. The monoisotopic (exact) mass is 535 g/mol. The number of nitriles is 1. The Morgan fingerprint density at radius 3 is 2.70 bits per heavy atom. The number of aryl methyl sites for hydroxylation is 1. The Morgan fingerprint density at radius 2 is 2.00 bits per heavy atom. The predicted molar refractivity (Wildman–Crippen MR) is 150 cm³/mol. The fraction of sp³-hybridized carbons (Fsp3) is 0.429. The van der Waals surface area contributed by atoms with Crippen LogP contribution in [0, 0.1) is 17.2 Å². The summed E-state index contributed by atoms with van der Waals surface area (Å²) < 4.78 is 7.73. The Kier molecular flexibility index (Phi) is 9.42. The smallest absolute Gasteiger partial charge is 0.235 e. The second-order valence-corrected chi connectivity index (χ2v) is 11.6. The van der Waals surface area contributed by atoms with E-state index in [1.165, 1.54) is 29.5 Å². The molecular formula is C28H33N5O2S2. The second kappa shape index (κ2) is 12.9. The van der Waals surface area contributed by atoms with E-state index >= 15 is 0 Å². The number of carbonyl (C=O) groups excluding carboxylic acids is 1. The van der Waals surface area contributed by atoms with Crippen molar-refractivity contribution in [1.29, 1.82) is 5.26 Å². The number of allylic oxidation sites excluding steroid dienone is 1. The molecule has 7 nitrogen and oxygen atoms in total. The maximum atomic E-state index is 12.9. The van der Waals surface area contributed by atoms with Crippen molar-refractivity contribution in [1.82, 2.24) is 14.8 Å². The number of anilines is 1. The van der Waals surface area contributed by atoms with Crippen LogP contribution in [0.2, 0.25) is 0 Å². The number of amides is 1. The average Bonchev–Trinajstić information content (AvgIpc) is 3.42. The van der Waals surface area contributed by atoms with Crippen LogP contribution in [0.3, 0.4) is 0 Å². The van der Waals surface area contributed by atoms with Crippen LogP contribution in [0.4, 0.5) is 5.00 Å². The predicted octanol–water partition coefficient (Wildman–Crippen LogP) is 6.49. The first kappa shape index (κ1) is 27.0. The number of hydrogen-bond acceptors (Lipinski definition) is 7. The van der Waals surface area contributed by atoms with Gasteiger partial charge in [-0.25, -0.2) is 0 Å². The number of ether oxygens (including phenoxy) is 1. The Bertz CT molecular complexity index is 1270. The zero-order chi connectivity index (χ0) is 26.2. The van der Waals surface area contributed by atoms with Gasteiger partial charge in [-0.2, -0.15) is 5.26 Å². The largest absolute Gasteiger partial charge is 0.493 e. The third-order valence-electron chi connectivity index (χ3n) is 6.09. The molecule has 9 heteroatoms. The van der Waals surface area contributed by atoms with Gasteiger partial charge in [-0.3, -0.25) is 9.36 Å². The van der Waals surface area contributed by atoms with Gasteiger partial charge >= 0.3 is 0 Å². The number of aromatic nitrogens is 3. The van der Waals surface area contributed by atoms with Crippen molar-refractivity contribution in [2.24, 2.45) is 5.92 Å². The number of thioether (sulfide) groups is 1. The molecule has 2 aromatic heterocycles. The molecule has 3 aromatic rings. The molecule has 1 amide bonds. The van der Waals surface area contributed by atoms with Crippen molar-refractivity contribution in [3.05, 3.63) is 52.9 Å². The zero-order valence-corrected chi connectivity index (χ0v) is 23.1. The molecule has 0 unspecified atom stereocenters. The molecule has 2 heterocycles. The molecule has 37 heavy (non-hydrogen) atoms. The highest BCUT2D eigenvalue weighted by Crippen LogP contribution is 2.36. The normalized spacial score (nSPS) is 13.4. The summed E-state index contributed by atoms with van der Waals surface area (Å²) in [5, 5.41) is 22.8. The highest BCUT2D eigenvalue weighted by molar-refractivity contribution is 7.99. The molecule has 4 rings (SSSR count). The van der Waals surface area contributed by atoms with Crippen molar-refractivity contribution in [3.63, 3.8) is 0 Å². The van der Waals surface area contributed by atoms with Gasteiger partial charge in [0, 0.05) is 17.0 Å². The van der Waals surface area contributed by atoms with Gasteiger partial charge in [0.15, 0.2) is 11.0 Å². The fourth-order valence-corrected chi connectivity index (χ4v) is 6.29. The summed E-state index contributed by atoms with van der Waals surface area (Å²) in [7, 11) is 0. The molecule has 1 aliphatic carbocycles. The molecule has 0 aliphatic heterocycles. The van der Waals surface area contributed by atoms with Gasteiger partial charge < -0.3 is 10.1 Å². The summed E-state index contributed by atoms with van der Waals surface area (Å²) in [6.45, 7) is 9.29. The van der Waals surface area contributed by atoms with Crippen LogP contribution >= 0.6 is 23.1 Å². The number of nitrogens with one attached hydrogen (secondary N) is 1. The van der Waals surface area contributed by atoms with E-state index in [1.807, 2.05) is 28.8 Å². The molecule has 0 fully saturated rings. The van der Waals surface area contributed by atoms with Gasteiger partial charge in [0.05, 0.1) is 17.9 Å². The van der Waals surface area contributed by atoms with E-state index in [0.29, 0.717) is 40.6 Å². The highest BCUT2D eigenvalue weighted by Gasteiger charge is 2.21. The Labute approximate surface area is 226 Å². The lowest BCUT2D eigenvalue weighted by atomic mass is 9.97. The first-order chi connectivity index (χ1) is 18.0. The van der Waals surface area contributed by atoms with Crippen molar-refractivity contribution in [3.8, 4) is 23.2 Å². The third-order valence-corrected chi connectivity index (χ3v) is 8.27. The van der Waals surface area contributed by atoms with Crippen LogP contribution in [0.15, 0.2) is 42.1 Å². The second-order valence-electron chi connectivity index (χ2n) is 9.51. The number of benzene rings is 1. The number of hydrogen-bond donors (Lipinski definition) is 1. The van der Waals surface area contributed by atoms with Gasteiger partial charge in [-0.05, 0) is 61.4 Å². The molecule has 1 N–H and O–H groups in total. The number of carbonyl (C=O) groups is 1. The van der Waals surface area contributed by atoms with E-state index in [-0.39, 0.29) is 11.7 Å². The number of fused-ring (bicyclic) bond motifs is 1. The minimum absolute atomic E-state index is 0.155. The SMILES string of the molecule is C=CCn1c(SCC(=O)Nc2sc3c(c2C#N)CCCCCC3)nnc1-c1ccc(OCC(C)C)cc1. The fourth-order valence-electron chi connectivity index (χ4n) is 4.28. The quantitative estimate of drug-likeness (QED) is 0.236. The van der Waals surface area contributed by atoms with Crippen molar-refractivity contribution in [2.75, 3.05) is 17.7 Å². The third kappa shape index (κ3) is 6.82. The van der Waals surface area contributed by atoms with E-state index < -0.39 is 0 Å². The van der Waals surface area contributed by atoms with Crippen LogP contribution in [-0.2, 0) is 24.2 Å². The molecule has 0 saturated heterocycles. The number of rotatable bonds is 10. The van der Waals surface area contributed by atoms with E-state index in [1.54, 1.807) is 17.4 Å². The zero-order valence-electron chi connectivity index (χ0n) is 21.5. The summed E-state index contributed by atoms with van der Waals surface area (Å²) in [5.41, 5.74) is 2.68. The molecule has 1 aliphatic rings. The molecular weight excluding hydrogens is 502 g/mol. The van der Waals surface area contributed by atoms with Gasteiger partial charge in [0.25, 0.3) is 0 Å². The van der Waals surface area contributed by atoms with Crippen molar-refractivity contribution < 1.29 is 9.53 Å². The number of nitrogens with zero attached hydrogens (tertiary/aromatic N) is 4. The Balaban J connectivity index is 1.44. The molecule has 0 atom stereocenters. The summed E-state index contributed by atoms with van der Waals surface area (Å²) >= 11 is 2.88. The highest BCUT2D eigenvalue weighted by atomic mass is 32.2. The molecule has 0 bridgehead atoms. The lowest BCUT2D eigenvalue weighted by molar-refractivity contribution is -0.113. The average molecular weight is 536 g/mol. The maximum Gasteiger partial charge on any atom is 0.235 e. The Morgan fingerprint density at radius 1 is 1.24 bits per heavy atom. The standard InChI is InChI=1S/C28H33N5O2S2/c1-4-15-33-26(20-11-13-21(14-12-20)35-17-19(2)3)31-32-28(33)36-18-25(34)30-27-23(16-29)22-9-7-5-6-8-10-24(22)37-27/h4,11-14,19H,1,5-10,15,17-18H2,2-3H3,(H,30,34). The van der Waals surface area contributed by atoms with Crippen LogP contribution in [0.1, 0.15) is 55.5 Å². The maximum absolute atomic E-state index is 12.9. The Hall–Kier alpha value is -3.09. The van der Waals surface area contributed by atoms with Crippen molar-refractivity contribution in [2.45, 2.75) is 64.1 Å². The summed E-state index contributed by atoms with van der Waals surface area (Å²) in [5.74, 6) is 2.00. The molecule has 194 valence electrons. The van der Waals surface area contributed by atoms with E-state index in [9.17, 15) is 10.1 Å². The lowest BCUT2D eigenvalue weighted by Gasteiger charge is -2.10. The van der Waals surface area contributed by atoms with Crippen LogP contribution in [-0.4, -0.2) is 33.0 Å². The molecule has 1 aromatic carbocycles. The van der Waals surface area contributed by atoms with Gasteiger partial charge in [0.1, 0.15) is 16.8 Å². The summed E-state index contributed by atoms with van der Waals surface area (Å²) in [6, 6.07) is 10.1. The summed E-state index contributed by atoms with van der Waals surface area (Å²) in [4.78, 5) is 14.1. The van der Waals surface area contributed by atoms with Crippen LogP contribution in [0.5, 0.6) is 5.75 Å². The number of thiophene rings is 1.